The van der Waals surface area contributed by atoms with Crippen LogP contribution in [0.15, 0.2) is 41.9 Å². The van der Waals surface area contributed by atoms with Crippen LogP contribution in [0.25, 0.3) is 5.69 Å². The average Bonchev–Trinajstić information content (AvgIpc) is 3.53. The lowest BCUT2D eigenvalue weighted by molar-refractivity contribution is -0.138. The van der Waals surface area contributed by atoms with Gasteiger partial charge in [-0.2, -0.15) is 0 Å². The van der Waals surface area contributed by atoms with E-state index in [-0.39, 0.29) is 23.9 Å². The fraction of sp³-hybridized carbons (Fsp3) is 0.500. The molecule has 10 heteroatoms. The summed E-state index contributed by atoms with van der Waals surface area (Å²) in [6.45, 7) is 4.54. The van der Waals surface area contributed by atoms with Crippen LogP contribution < -0.4 is 0 Å². The van der Waals surface area contributed by atoms with Crippen molar-refractivity contribution in [3.05, 3.63) is 47.4 Å². The van der Waals surface area contributed by atoms with E-state index in [0.29, 0.717) is 18.7 Å². The van der Waals surface area contributed by atoms with Crippen molar-refractivity contribution >= 4 is 11.9 Å². The molecule has 2 saturated heterocycles. The van der Waals surface area contributed by atoms with E-state index in [1.54, 1.807) is 16.5 Å². The second-order valence-corrected chi connectivity index (χ2v) is 8.80. The number of β-amino-alcohol motifs (C(OH)–C–C–N with tert-alkyl or cyclic N) is 1. The summed E-state index contributed by atoms with van der Waals surface area (Å²) in [7, 11) is 0. The van der Waals surface area contributed by atoms with Crippen LogP contribution in [0.3, 0.4) is 0 Å². The molecule has 4 heterocycles. The van der Waals surface area contributed by atoms with Crippen LogP contribution in [-0.2, 0) is 14.3 Å². The topological polar surface area (TPSA) is 114 Å². The third-order valence-corrected chi connectivity index (χ3v) is 7.03. The van der Waals surface area contributed by atoms with Gasteiger partial charge in [-0.05, 0) is 67.4 Å². The Morgan fingerprint density at radius 2 is 1.97 bits per heavy atom. The Morgan fingerprint density at radius 3 is 2.66 bits per heavy atom. The first-order chi connectivity index (χ1) is 15.5. The van der Waals surface area contributed by atoms with Gasteiger partial charge >= 0.3 is 5.97 Å². The fourth-order valence-electron chi connectivity index (χ4n) is 4.96. The molecule has 168 valence electrons. The number of nitrogens with zero attached hydrogens (tertiary/aromatic N) is 6. The SMILES string of the molecule is CC1=C(N2CCC3(CCN(C[C@@H](O)c4cccc(-n5cnnn5)c4)CC3)C2=O)COC1=O. The van der Waals surface area contributed by atoms with Gasteiger partial charge in [-0.3, -0.25) is 4.79 Å². The number of rotatable bonds is 5. The second kappa shape index (κ2) is 8.10. The number of aliphatic hydroxyl groups is 1. The lowest BCUT2D eigenvalue weighted by Crippen LogP contribution is -2.45. The van der Waals surface area contributed by atoms with Crippen molar-refractivity contribution in [3.63, 3.8) is 0 Å². The molecule has 1 spiro atoms. The van der Waals surface area contributed by atoms with Crippen LogP contribution in [0.4, 0.5) is 0 Å². The zero-order valence-corrected chi connectivity index (χ0v) is 18.0. The van der Waals surface area contributed by atoms with E-state index < -0.39 is 6.10 Å². The highest BCUT2D eigenvalue weighted by Gasteiger charge is 2.50. The van der Waals surface area contributed by atoms with Crippen LogP contribution >= 0.6 is 0 Å². The summed E-state index contributed by atoms with van der Waals surface area (Å²) in [6, 6.07) is 7.53. The number of esters is 1. The molecule has 0 saturated carbocycles. The molecule has 1 amide bonds. The predicted octanol–water partition coefficient (Wildman–Crippen LogP) is 0.841. The number of cyclic esters (lactones) is 1. The molecule has 1 atom stereocenters. The van der Waals surface area contributed by atoms with Crippen LogP contribution in [0.5, 0.6) is 0 Å². The van der Waals surface area contributed by atoms with Crippen molar-refractivity contribution in [3.8, 4) is 5.69 Å². The number of likely N-dealkylation sites (tertiary alicyclic amines) is 2. The van der Waals surface area contributed by atoms with Gasteiger partial charge in [0, 0.05) is 13.1 Å². The number of benzene rings is 1. The summed E-state index contributed by atoms with van der Waals surface area (Å²) >= 11 is 0. The maximum Gasteiger partial charge on any atom is 0.336 e. The summed E-state index contributed by atoms with van der Waals surface area (Å²) in [4.78, 5) is 28.9. The van der Waals surface area contributed by atoms with E-state index in [9.17, 15) is 14.7 Å². The minimum atomic E-state index is -0.647. The van der Waals surface area contributed by atoms with Gasteiger partial charge in [-0.1, -0.05) is 12.1 Å². The van der Waals surface area contributed by atoms with Gasteiger partial charge < -0.3 is 19.6 Å². The van der Waals surface area contributed by atoms with Crippen LogP contribution in [0.1, 0.15) is 37.9 Å². The molecule has 5 rings (SSSR count). The van der Waals surface area contributed by atoms with Crippen molar-refractivity contribution in [1.82, 2.24) is 30.0 Å². The molecule has 3 aliphatic rings. The number of tetrazole rings is 1. The van der Waals surface area contributed by atoms with Crippen molar-refractivity contribution in [1.29, 1.82) is 0 Å². The molecular formula is C22H26N6O4. The summed E-state index contributed by atoms with van der Waals surface area (Å²) < 4.78 is 6.65. The Balaban J connectivity index is 1.21. The molecular weight excluding hydrogens is 412 g/mol. The van der Waals surface area contributed by atoms with Crippen molar-refractivity contribution in [2.24, 2.45) is 5.41 Å². The number of carbonyl (C=O) groups excluding carboxylic acids is 2. The summed E-state index contributed by atoms with van der Waals surface area (Å²) in [6.07, 6.45) is 3.16. The highest BCUT2D eigenvalue weighted by Crippen LogP contribution is 2.43. The van der Waals surface area contributed by atoms with Crippen molar-refractivity contribution in [2.45, 2.75) is 32.3 Å². The molecule has 1 aromatic heterocycles. The molecule has 10 nitrogen and oxygen atoms in total. The first kappa shape index (κ1) is 20.8. The Morgan fingerprint density at radius 1 is 1.19 bits per heavy atom. The summed E-state index contributed by atoms with van der Waals surface area (Å²) in [5.41, 5.74) is 2.48. The fourth-order valence-corrected chi connectivity index (χ4v) is 4.96. The zero-order chi connectivity index (χ0) is 22.3. The highest BCUT2D eigenvalue weighted by atomic mass is 16.5. The number of ether oxygens (including phenoxy) is 1. The zero-order valence-electron chi connectivity index (χ0n) is 18.0. The normalized spacial score (nSPS) is 22.1. The van der Waals surface area contributed by atoms with E-state index in [4.69, 9.17) is 4.74 Å². The van der Waals surface area contributed by atoms with Crippen molar-refractivity contribution in [2.75, 3.05) is 32.8 Å². The van der Waals surface area contributed by atoms with Crippen LogP contribution in [-0.4, -0.2) is 79.8 Å². The van der Waals surface area contributed by atoms with Crippen LogP contribution in [0, 0.1) is 5.41 Å². The van der Waals surface area contributed by atoms with Crippen molar-refractivity contribution < 1.29 is 19.4 Å². The Kier molecular flexibility index (Phi) is 5.26. The van der Waals surface area contributed by atoms with Gasteiger partial charge in [-0.15, -0.1) is 5.10 Å². The second-order valence-electron chi connectivity index (χ2n) is 8.80. The molecule has 3 aliphatic heterocycles. The molecule has 0 aliphatic carbocycles. The third kappa shape index (κ3) is 3.59. The number of hydrogen-bond donors (Lipinski definition) is 1. The lowest BCUT2D eigenvalue weighted by Gasteiger charge is -2.38. The van der Waals surface area contributed by atoms with E-state index in [0.717, 1.165) is 49.3 Å². The maximum absolute atomic E-state index is 13.3. The molecule has 0 radical (unpaired) electrons. The van der Waals surface area contributed by atoms with E-state index in [2.05, 4.69) is 20.4 Å². The lowest BCUT2D eigenvalue weighted by atomic mass is 9.77. The average molecular weight is 438 g/mol. The molecule has 1 aromatic carbocycles. The molecule has 1 N–H and O–H groups in total. The Labute approximate surface area is 185 Å². The van der Waals surface area contributed by atoms with Gasteiger partial charge in [0.2, 0.25) is 5.91 Å². The summed E-state index contributed by atoms with van der Waals surface area (Å²) in [5, 5.41) is 22.0. The number of amides is 1. The molecule has 2 fully saturated rings. The molecule has 32 heavy (non-hydrogen) atoms. The molecule has 0 bridgehead atoms. The van der Waals surface area contributed by atoms with Crippen LogP contribution in [0.2, 0.25) is 0 Å². The number of hydrogen-bond acceptors (Lipinski definition) is 8. The van der Waals surface area contributed by atoms with Gasteiger partial charge in [0.25, 0.3) is 0 Å². The Hall–Kier alpha value is -3.11. The van der Waals surface area contributed by atoms with E-state index >= 15 is 0 Å². The first-order valence-corrected chi connectivity index (χ1v) is 10.9. The van der Waals surface area contributed by atoms with E-state index in [1.165, 1.54) is 6.33 Å². The maximum atomic E-state index is 13.3. The smallest absolute Gasteiger partial charge is 0.336 e. The number of aliphatic hydroxyl groups excluding tert-OH is 1. The Bertz CT molecular complexity index is 1060. The van der Waals surface area contributed by atoms with Gasteiger partial charge in [0.05, 0.1) is 28.5 Å². The minimum Gasteiger partial charge on any atom is -0.456 e. The number of piperidine rings is 1. The predicted molar refractivity (Wildman–Crippen MR) is 112 cm³/mol. The minimum absolute atomic E-state index is 0.111. The monoisotopic (exact) mass is 438 g/mol. The first-order valence-electron chi connectivity index (χ1n) is 10.9. The third-order valence-electron chi connectivity index (χ3n) is 7.03. The van der Waals surface area contributed by atoms with E-state index in [1.807, 2.05) is 24.3 Å². The summed E-state index contributed by atoms with van der Waals surface area (Å²) in [5.74, 6) is -0.221. The van der Waals surface area contributed by atoms with Gasteiger partial charge in [-0.25, -0.2) is 9.48 Å². The standard InChI is InChI=1S/C22H26N6O4/c1-15-18(13-32-20(15)30)27-10-7-22(21(27)31)5-8-26(9-6-22)12-19(29)16-3-2-4-17(11-16)28-14-23-24-25-28/h2-4,11,14,19,29H,5-10,12-13H2,1H3/t19-/m1/s1. The highest BCUT2D eigenvalue weighted by molar-refractivity contribution is 5.94. The number of aromatic nitrogens is 4. The number of carbonyl (C=O) groups is 2. The largest absolute Gasteiger partial charge is 0.456 e. The van der Waals surface area contributed by atoms with Gasteiger partial charge in [0.1, 0.15) is 12.9 Å². The van der Waals surface area contributed by atoms with Gasteiger partial charge in [0.15, 0.2) is 0 Å². The molecule has 0 unspecified atom stereocenters. The quantitative estimate of drug-likeness (QED) is 0.684. The molecule has 2 aromatic rings.